The van der Waals surface area contributed by atoms with Gasteiger partial charge in [0.2, 0.25) is 5.91 Å². The van der Waals surface area contributed by atoms with Crippen molar-refractivity contribution in [1.29, 1.82) is 0 Å². The highest BCUT2D eigenvalue weighted by Crippen LogP contribution is 2.25. The molecule has 0 aliphatic carbocycles. The number of anilines is 2. The second-order valence-electron chi connectivity index (χ2n) is 3.65. The predicted molar refractivity (Wildman–Crippen MR) is 74.4 cm³/mol. The maximum atomic E-state index is 11.7. The lowest BCUT2D eigenvalue weighted by atomic mass is 10.3. The van der Waals surface area contributed by atoms with Crippen molar-refractivity contribution in [3.05, 3.63) is 40.1 Å². The maximum absolute atomic E-state index is 11.7. The van der Waals surface area contributed by atoms with Crippen LogP contribution in [-0.4, -0.2) is 15.7 Å². The monoisotopic (exact) mass is 328 g/mol. The van der Waals surface area contributed by atoms with Crippen LogP contribution >= 0.6 is 27.5 Å². The molecule has 1 heterocycles. The van der Waals surface area contributed by atoms with Crippen LogP contribution in [0.15, 0.2) is 35.1 Å². The van der Waals surface area contributed by atoms with Gasteiger partial charge in [-0.2, -0.15) is 5.10 Å². The van der Waals surface area contributed by atoms with Crippen molar-refractivity contribution in [3.8, 4) is 0 Å². The number of aromatic nitrogens is 2. The van der Waals surface area contributed by atoms with E-state index < -0.39 is 0 Å². The van der Waals surface area contributed by atoms with E-state index in [1.807, 2.05) is 0 Å². The SMILES string of the molecule is Nc1cnn(CC(=O)Nc2ccc(Br)c(Cl)c2)c1. The summed E-state index contributed by atoms with van der Waals surface area (Å²) < 4.78 is 2.24. The largest absolute Gasteiger partial charge is 0.396 e. The molecule has 1 aromatic carbocycles. The van der Waals surface area contributed by atoms with Crippen LogP contribution in [0.1, 0.15) is 0 Å². The Balaban J connectivity index is 2.00. The van der Waals surface area contributed by atoms with Gasteiger partial charge in [0, 0.05) is 16.4 Å². The summed E-state index contributed by atoms with van der Waals surface area (Å²) in [7, 11) is 0. The molecule has 5 nitrogen and oxygen atoms in total. The van der Waals surface area contributed by atoms with E-state index in [0.29, 0.717) is 16.4 Å². The minimum atomic E-state index is -0.198. The number of halogens is 2. The number of carbonyl (C=O) groups excluding carboxylic acids is 1. The number of nitrogens with zero attached hydrogens (tertiary/aromatic N) is 2. The average Bonchev–Trinajstić information content (AvgIpc) is 2.69. The minimum absolute atomic E-state index is 0.102. The number of nitrogen functional groups attached to an aromatic ring is 1. The van der Waals surface area contributed by atoms with Gasteiger partial charge in [-0.05, 0) is 34.1 Å². The van der Waals surface area contributed by atoms with Crippen molar-refractivity contribution < 1.29 is 4.79 Å². The average molecular weight is 330 g/mol. The lowest BCUT2D eigenvalue weighted by Crippen LogP contribution is -2.18. The lowest BCUT2D eigenvalue weighted by Gasteiger charge is -2.06. The number of carbonyl (C=O) groups is 1. The number of nitrogens with one attached hydrogen (secondary N) is 1. The van der Waals surface area contributed by atoms with E-state index in [1.165, 1.54) is 10.9 Å². The van der Waals surface area contributed by atoms with Crippen LogP contribution < -0.4 is 11.1 Å². The molecule has 0 aliphatic rings. The van der Waals surface area contributed by atoms with Crippen molar-refractivity contribution in [3.63, 3.8) is 0 Å². The molecule has 1 amide bonds. The molecule has 94 valence electrons. The number of rotatable bonds is 3. The van der Waals surface area contributed by atoms with Gasteiger partial charge in [-0.25, -0.2) is 0 Å². The van der Waals surface area contributed by atoms with Crippen LogP contribution in [0, 0.1) is 0 Å². The van der Waals surface area contributed by atoms with Crippen LogP contribution in [-0.2, 0) is 11.3 Å². The number of amides is 1. The highest BCUT2D eigenvalue weighted by Gasteiger charge is 2.06. The first-order chi connectivity index (χ1) is 8.54. The Morgan fingerprint density at radius 2 is 2.33 bits per heavy atom. The lowest BCUT2D eigenvalue weighted by molar-refractivity contribution is -0.116. The number of nitrogens with two attached hydrogens (primary N) is 1. The summed E-state index contributed by atoms with van der Waals surface area (Å²) in [5.41, 5.74) is 6.66. The second kappa shape index (κ2) is 5.41. The molecule has 0 fully saturated rings. The van der Waals surface area contributed by atoms with Crippen molar-refractivity contribution in [2.24, 2.45) is 0 Å². The van der Waals surface area contributed by atoms with Crippen molar-refractivity contribution in [1.82, 2.24) is 9.78 Å². The topological polar surface area (TPSA) is 72.9 Å². The number of hydrogen-bond acceptors (Lipinski definition) is 3. The molecule has 1 aromatic heterocycles. The fraction of sp³-hybridized carbons (Fsp3) is 0.0909. The van der Waals surface area contributed by atoms with Crippen LogP contribution in [0.25, 0.3) is 0 Å². The van der Waals surface area contributed by atoms with Gasteiger partial charge in [-0.1, -0.05) is 11.6 Å². The van der Waals surface area contributed by atoms with Crippen LogP contribution in [0.5, 0.6) is 0 Å². The molecule has 0 aliphatic heterocycles. The summed E-state index contributed by atoms with van der Waals surface area (Å²) >= 11 is 9.21. The Morgan fingerprint density at radius 3 is 2.94 bits per heavy atom. The van der Waals surface area contributed by atoms with Gasteiger partial charge in [0.05, 0.1) is 16.9 Å². The molecule has 18 heavy (non-hydrogen) atoms. The van der Waals surface area contributed by atoms with Crippen LogP contribution in [0.3, 0.4) is 0 Å². The van der Waals surface area contributed by atoms with Gasteiger partial charge in [0.15, 0.2) is 0 Å². The first kappa shape index (κ1) is 12.9. The Morgan fingerprint density at radius 1 is 1.56 bits per heavy atom. The van der Waals surface area contributed by atoms with E-state index in [2.05, 4.69) is 26.3 Å². The third kappa shape index (κ3) is 3.24. The van der Waals surface area contributed by atoms with Gasteiger partial charge < -0.3 is 11.1 Å². The van der Waals surface area contributed by atoms with E-state index in [1.54, 1.807) is 24.4 Å². The van der Waals surface area contributed by atoms with Gasteiger partial charge >= 0.3 is 0 Å². The van der Waals surface area contributed by atoms with E-state index in [0.717, 1.165) is 4.47 Å². The summed E-state index contributed by atoms with van der Waals surface area (Å²) in [5.74, 6) is -0.198. The molecule has 0 bridgehead atoms. The van der Waals surface area contributed by atoms with Crippen molar-refractivity contribution >= 4 is 44.8 Å². The van der Waals surface area contributed by atoms with Gasteiger partial charge in [-0.3, -0.25) is 9.48 Å². The summed E-state index contributed by atoms with van der Waals surface area (Å²) in [6.07, 6.45) is 3.08. The zero-order chi connectivity index (χ0) is 13.1. The number of hydrogen-bond donors (Lipinski definition) is 2. The highest BCUT2D eigenvalue weighted by molar-refractivity contribution is 9.10. The molecule has 0 spiro atoms. The zero-order valence-corrected chi connectivity index (χ0v) is 11.6. The van der Waals surface area contributed by atoms with E-state index in [4.69, 9.17) is 17.3 Å². The first-order valence-electron chi connectivity index (χ1n) is 5.07. The molecular formula is C11H10BrClN4O. The van der Waals surface area contributed by atoms with Gasteiger partial charge in [0.25, 0.3) is 0 Å². The van der Waals surface area contributed by atoms with Crippen molar-refractivity contribution in [2.75, 3.05) is 11.1 Å². The molecule has 0 atom stereocenters. The highest BCUT2D eigenvalue weighted by atomic mass is 79.9. The summed E-state index contributed by atoms with van der Waals surface area (Å²) in [4.78, 5) is 11.7. The predicted octanol–water partition coefficient (Wildman–Crippen LogP) is 2.52. The van der Waals surface area contributed by atoms with E-state index in [-0.39, 0.29) is 12.5 Å². The summed E-state index contributed by atoms with van der Waals surface area (Å²) in [6.45, 7) is 0.102. The molecule has 2 aromatic rings. The molecular weight excluding hydrogens is 320 g/mol. The Hall–Kier alpha value is -1.53. The zero-order valence-electron chi connectivity index (χ0n) is 9.23. The molecule has 0 saturated carbocycles. The smallest absolute Gasteiger partial charge is 0.246 e. The molecule has 2 rings (SSSR count). The van der Waals surface area contributed by atoms with Crippen LogP contribution in [0.4, 0.5) is 11.4 Å². The van der Waals surface area contributed by atoms with E-state index >= 15 is 0 Å². The van der Waals surface area contributed by atoms with E-state index in [9.17, 15) is 4.79 Å². The maximum Gasteiger partial charge on any atom is 0.246 e. The summed E-state index contributed by atoms with van der Waals surface area (Å²) in [5, 5.41) is 7.19. The third-order valence-electron chi connectivity index (χ3n) is 2.16. The van der Waals surface area contributed by atoms with Gasteiger partial charge in [0.1, 0.15) is 6.54 Å². The second-order valence-corrected chi connectivity index (χ2v) is 4.91. The standard InChI is InChI=1S/C11H10BrClN4O/c12-9-2-1-8(3-10(9)13)16-11(18)6-17-5-7(14)4-15-17/h1-5H,6,14H2,(H,16,18). The van der Waals surface area contributed by atoms with Crippen molar-refractivity contribution in [2.45, 2.75) is 6.54 Å². The Labute approximate surface area is 117 Å². The Bertz CT molecular complexity index is 584. The van der Waals surface area contributed by atoms with Gasteiger partial charge in [-0.15, -0.1) is 0 Å². The van der Waals surface area contributed by atoms with Crippen LogP contribution in [0.2, 0.25) is 5.02 Å². The quantitative estimate of drug-likeness (QED) is 0.909. The Kier molecular flexibility index (Phi) is 3.88. The minimum Gasteiger partial charge on any atom is -0.396 e. The fourth-order valence-electron chi connectivity index (χ4n) is 1.39. The molecule has 3 N–H and O–H groups in total. The normalized spacial score (nSPS) is 10.3. The number of benzene rings is 1. The third-order valence-corrected chi connectivity index (χ3v) is 3.39. The molecule has 0 radical (unpaired) electrons. The summed E-state index contributed by atoms with van der Waals surface area (Å²) in [6, 6.07) is 5.19. The molecule has 7 heteroatoms. The fourth-order valence-corrected chi connectivity index (χ4v) is 1.81. The molecule has 0 saturated heterocycles. The first-order valence-corrected chi connectivity index (χ1v) is 6.24. The molecule has 0 unspecified atom stereocenters.